The van der Waals surface area contributed by atoms with Gasteiger partial charge in [0.25, 0.3) is 5.91 Å². The van der Waals surface area contributed by atoms with E-state index in [-0.39, 0.29) is 25.3 Å². The molecule has 0 bridgehead atoms. The van der Waals surface area contributed by atoms with E-state index < -0.39 is 23.8 Å². The van der Waals surface area contributed by atoms with E-state index in [1.165, 1.54) is 25.3 Å². The van der Waals surface area contributed by atoms with Crippen LogP contribution in [0.3, 0.4) is 0 Å². The molecule has 1 N–H and O–H groups in total. The first-order valence-electron chi connectivity index (χ1n) is 7.12. The summed E-state index contributed by atoms with van der Waals surface area (Å²) in [6.07, 6.45) is -4.57. The third kappa shape index (κ3) is 4.16. The smallest absolute Gasteiger partial charge is 0.406 e. The van der Waals surface area contributed by atoms with E-state index >= 15 is 0 Å². The van der Waals surface area contributed by atoms with Gasteiger partial charge in [0.2, 0.25) is 0 Å². The SMILES string of the molecule is COCC1(C)NC(=O)N(CCc2cccc(OC(F)(F)F)c2)C1=O. The molecular formula is C15H17F3N2O4. The fourth-order valence-corrected chi connectivity index (χ4v) is 2.48. The Bertz CT molecular complexity index is 635. The molecule has 1 aromatic rings. The monoisotopic (exact) mass is 346 g/mol. The number of carbonyl (C=O) groups excluding carboxylic acids is 2. The van der Waals surface area contributed by atoms with Crippen molar-refractivity contribution in [2.75, 3.05) is 20.3 Å². The summed E-state index contributed by atoms with van der Waals surface area (Å²) in [5.74, 6) is -0.779. The summed E-state index contributed by atoms with van der Waals surface area (Å²) in [6.45, 7) is 1.62. The normalized spacial score (nSPS) is 21.1. The van der Waals surface area contributed by atoms with Gasteiger partial charge in [-0.2, -0.15) is 0 Å². The number of carbonyl (C=O) groups is 2. The first kappa shape index (κ1) is 18.1. The van der Waals surface area contributed by atoms with E-state index in [1.807, 2.05) is 0 Å². The van der Waals surface area contributed by atoms with Crippen molar-refractivity contribution in [2.45, 2.75) is 25.2 Å². The second-order valence-electron chi connectivity index (χ2n) is 5.60. The quantitative estimate of drug-likeness (QED) is 0.801. The second-order valence-corrected chi connectivity index (χ2v) is 5.60. The molecule has 0 spiro atoms. The highest BCUT2D eigenvalue weighted by Crippen LogP contribution is 2.24. The number of nitrogens with one attached hydrogen (secondary N) is 1. The minimum Gasteiger partial charge on any atom is -0.406 e. The zero-order valence-electron chi connectivity index (χ0n) is 13.1. The van der Waals surface area contributed by atoms with Gasteiger partial charge < -0.3 is 14.8 Å². The number of methoxy groups -OCH3 is 1. The summed E-state index contributed by atoms with van der Waals surface area (Å²) in [7, 11) is 1.42. The molecule has 1 fully saturated rings. The van der Waals surface area contributed by atoms with Crippen LogP contribution in [0.2, 0.25) is 0 Å². The Hall–Kier alpha value is -2.29. The van der Waals surface area contributed by atoms with Gasteiger partial charge in [-0.1, -0.05) is 12.1 Å². The van der Waals surface area contributed by atoms with Crippen molar-refractivity contribution in [2.24, 2.45) is 0 Å². The average molecular weight is 346 g/mol. The number of alkyl halides is 3. The number of benzene rings is 1. The standard InChI is InChI=1S/C15H17F3N2O4/c1-14(9-23-2)12(21)20(13(22)19-14)7-6-10-4-3-5-11(8-10)24-15(16,17)18/h3-5,8H,6-7,9H2,1-2H3,(H,19,22). The predicted octanol–water partition coefficient (Wildman–Crippen LogP) is 2.08. The fraction of sp³-hybridized carbons (Fsp3) is 0.467. The lowest BCUT2D eigenvalue weighted by molar-refractivity contribution is -0.274. The maximum Gasteiger partial charge on any atom is 0.573 e. The van der Waals surface area contributed by atoms with E-state index in [9.17, 15) is 22.8 Å². The zero-order valence-corrected chi connectivity index (χ0v) is 13.1. The largest absolute Gasteiger partial charge is 0.573 e. The highest BCUT2D eigenvalue weighted by atomic mass is 19.4. The van der Waals surface area contributed by atoms with Crippen LogP contribution in [0.15, 0.2) is 24.3 Å². The first-order valence-corrected chi connectivity index (χ1v) is 7.12. The zero-order chi connectivity index (χ0) is 18.0. The molecule has 2 rings (SSSR count). The van der Waals surface area contributed by atoms with Gasteiger partial charge in [-0.15, -0.1) is 13.2 Å². The van der Waals surface area contributed by atoms with Gasteiger partial charge in [0.1, 0.15) is 11.3 Å². The number of ether oxygens (including phenoxy) is 2. The summed E-state index contributed by atoms with van der Waals surface area (Å²) < 4.78 is 45.5. The Balaban J connectivity index is 2.02. The number of urea groups is 1. The summed E-state index contributed by atoms with van der Waals surface area (Å²) in [5.41, 5.74) is -0.620. The molecule has 1 aliphatic heterocycles. The fourth-order valence-electron chi connectivity index (χ4n) is 2.48. The van der Waals surface area contributed by atoms with Crippen molar-refractivity contribution < 1.29 is 32.2 Å². The van der Waals surface area contributed by atoms with Crippen LogP contribution < -0.4 is 10.1 Å². The minimum atomic E-state index is -4.77. The Morgan fingerprint density at radius 1 is 1.29 bits per heavy atom. The molecule has 0 aromatic heterocycles. The molecule has 1 atom stereocenters. The van der Waals surface area contributed by atoms with Crippen LogP contribution in [0.5, 0.6) is 5.75 Å². The highest BCUT2D eigenvalue weighted by Gasteiger charge is 2.47. The first-order chi connectivity index (χ1) is 11.1. The maximum atomic E-state index is 12.3. The molecule has 132 valence electrons. The van der Waals surface area contributed by atoms with Gasteiger partial charge in [0.15, 0.2) is 0 Å². The topological polar surface area (TPSA) is 67.9 Å². The second kappa shape index (κ2) is 6.68. The molecule has 9 heteroatoms. The van der Waals surface area contributed by atoms with Crippen LogP contribution >= 0.6 is 0 Å². The summed E-state index contributed by atoms with van der Waals surface area (Å²) in [4.78, 5) is 25.2. The van der Waals surface area contributed by atoms with Crippen molar-refractivity contribution in [3.63, 3.8) is 0 Å². The molecule has 0 aliphatic carbocycles. The van der Waals surface area contributed by atoms with E-state index in [0.29, 0.717) is 5.56 Å². The van der Waals surface area contributed by atoms with Crippen molar-refractivity contribution in [1.29, 1.82) is 0 Å². The number of amides is 3. The molecule has 1 aliphatic rings. The number of halogens is 3. The lowest BCUT2D eigenvalue weighted by Crippen LogP contribution is -2.48. The van der Waals surface area contributed by atoms with E-state index in [2.05, 4.69) is 10.1 Å². The summed E-state index contributed by atoms with van der Waals surface area (Å²) in [6, 6.07) is 4.86. The van der Waals surface area contributed by atoms with Crippen molar-refractivity contribution in [1.82, 2.24) is 10.2 Å². The Kier molecular flexibility index (Phi) is 5.02. The predicted molar refractivity (Wildman–Crippen MR) is 77.4 cm³/mol. The van der Waals surface area contributed by atoms with Crippen LogP contribution in [0, 0.1) is 0 Å². The Morgan fingerprint density at radius 3 is 2.62 bits per heavy atom. The molecule has 1 unspecified atom stereocenters. The lowest BCUT2D eigenvalue weighted by Gasteiger charge is -2.20. The molecule has 0 saturated carbocycles. The molecule has 1 heterocycles. The lowest BCUT2D eigenvalue weighted by atomic mass is 10.0. The number of imide groups is 1. The summed E-state index contributed by atoms with van der Waals surface area (Å²) in [5, 5.41) is 2.55. The maximum absolute atomic E-state index is 12.3. The Labute approximate surface area is 136 Å². The van der Waals surface area contributed by atoms with Crippen LogP contribution in [0.25, 0.3) is 0 Å². The van der Waals surface area contributed by atoms with Gasteiger partial charge >= 0.3 is 12.4 Å². The third-order valence-electron chi connectivity index (χ3n) is 3.53. The van der Waals surface area contributed by atoms with Crippen molar-refractivity contribution in [3.05, 3.63) is 29.8 Å². The van der Waals surface area contributed by atoms with Gasteiger partial charge in [-0.3, -0.25) is 9.69 Å². The number of hydrogen-bond donors (Lipinski definition) is 1. The minimum absolute atomic E-state index is 0.0307. The van der Waals surface area contributed by atoms with E-state index in [4.69, 9.17) is 4.74 Å². The van der Waals surface area contributed by atoms with Crippen molar-refractivity contribution in [3.8, 4) is 5.75 Å². The van der Waals surface area contributed by atoms with Crippen molar-refractivity contribution >= 4 is 11.9 Å². The summed E-state index contributed by atoms with van der Waals surface area (Å²) >= 11 is 0. The van der Waals surface area contributed by atoms with Crippen LogP contribution in [-0.2, 0) is 16.0 Å². The molecular weight excluding hydrogens is 329 g/mol. The molecule has 0 radical (unpaired) electrons. The molecule has 24 heavy (non-hydrogen) atoms. The van der Waals surface area contributed by atoms with E-state index in [0.717, 1.165) is 4.90 Å². The average Bonchev–Trinajstić information content (AvgIpc) is 2.66. The molecule has 3 amide bonds. The van der Waals surface area contributed by atoms with Gasteiger partial charge in [0.05, 0.1) is 6.61 Å². The third-order valence-corrected chi connectivity index (χ3v) is 3.53. The molecule has 1 aromatic carbocycles. The molecule has 1 saturated heterocycles. The number of rotatable bonds is 6. The number of nitrogens with zero attached hydrogens (tertiary/aromatic N) is 1. The van der Waals surface area contributed by atoms with Gasteiger partial charge in [-0.25, -0.2) is 4.79 Å². The number of hydrogen-bond acceptors (Lipinski definition) is 4. The van der Waals surface area contributed by atoms with Crippen LogP contribution in [0.4, 0.5) is 18.0 Å². The Morgan fingerprint density at radius 2 is 2.00 bits per heavy atom. The van der Waals surface area contributed by atoms with Gasteiger partial charge in [-0.05, 0) is 31.0 Å². The molecule has 6 nitrogen and oxygen atoms in total. The highest BCUT2D eigenvalue weighted by molar-refractivity contribution is 6.06. The van der Waals surface area contributed by atoms with Gasteiger partial charge in [0, 0.05) is 13.7 Å². The van der Waals surface area contributed by atoms with Crippen LogP contribution in [-0.4, -0.2) is 49.0 Å². The van der Waals surface area contributed by atoms with E-state index in [1.54, 1.807) is 13.0 Å². The van der Waals surface area contributed by atoms with Crippen LogP contribution in [0.1, 0.15) is 12.5 Å².